The van der Waals surface area contributed by atoms with Crippen LogP contribution in [-0.4, -0.2) is 51.9 Å². The van der Waals surface area contributed by atoms with Crippen molar-refractivity contribution < 1.29 is 56.2 Å². The minimum absolute atomic E-state index is 0. The summed E-state index contributed by atoms with van der Waals surface area (Å²) in [5.41, 5.74) is 1.33. The molecule has 1 saturated carbocycles. The number of pyridine rings is 1. The molecule has 1 fully saturated rings. The molecular formula is C29H30Cl2F2N2O9S. The Labute approximate surface area is 268 Å². The van der Waals surface area contributed by atoms with Gasteiger partial charge in [0.2, 0.25) is 10.0 Å². The summed E-state index contributed by atoms with van der Waals surface area (Å²) in [6.45, 7) is -3.54. The maximum absolute atomic E-state index is 13.1. The van der Waals surface area contributed by atoms with Gasteiger partial charge >= 0.3 is 18.6 Å². The molecule has 1 atom stereocenters. The van der Waals surface area contributed by atoms with Gasteiger partial charge in [0.15, 0.2) is 30.5 Å². The van der Waals surface area contributed by atoms with E-state index in [1.54, 1.807) is 12.1 Å². The number of nitrogens with one attached hydrogen (secondary N) is 2. The number of anilines is 1. The standard InChI is InChI=1S/C29H28Cl2F2N2O8S.H2O/c1-44(38,39)35-23-5-3-2-4-18(23)11-27(36)41-16-28(37)42-25(12-20-21(30)13-34-14-22(20)31)19-8-9-24(43-29(32)33)26(10-19)40-15-17-6-7-17;/h2-5,8-10,13-14,17,25,29,35H,6-7,11-12,15-16H2,1H3;1H2/t25-;/m0./s1. The van der Waals surface area contributed by atoms with E-state index in [0.717, 1.165) is 19.1 Å². The average molecular weight is 692 g/mol. The molecule has 0 radical (unpaired) electrons. The Morgan fingerprint density at radius 1 is 1.04 bits per heavy atom. The first kappa shape index (κ1) is 35.8. The molecule has 11 nitrogen and oxygen atoms in total. The molecule has 45 heavy (non-hydrogen) atoms. The van der Waals surface area contributed by atoms with Gasteiger partial charge in [0.25, 0.3) is 0 Å². The largest absolute Gasteiger partial charge is 0.870 e. The molecule has 0 bridgehead atoms. The number of carbonyl (C=O) groups is 2. The van der Waals surface area contributed by atoms with Gasteiger partial charge in [-0.15, -0.1) is 0 Å². The van der Waals surface area contributed by atoms with Crippen LogP contribution in [-0.2, 0) is 41.9 Å². The number of esters is 2. The van der Waals surface area contributed by atoms with Gasteiger partial charge < -0.3 is 24.4 Å². The van der Waals surface area contributed by atoms with Gasteiger partial charge in [-0.1, -0.05) is 47.5 Å². The van der Waals surface area contributed by atoms with Crippen LogP contribution in [0, 0.1) is 5.92 Å². The highest BCUT2D eigenvalue weighted by atomic mass is 35.5. The van der Waals surface area contributed by atoms with Crippen molar-refractivity contribution in [3.63, 3.8) is 0 Å². The first-order valence-corrected chi connectivity index (χ1v) is 16.0. The average Bonchev–Trinajstić information content (AvgIpc) is 3.77. The number of rotatable bonds is 15. The smallest absolute Gasteiger partial charge is 0.387 e. The number of alkyl halides is 2. The van der Waals surface area contributed by atoms with Gasteiger partial charge in [-0.05, 0) is 48.1 Å². The summed E-state index contributed by atoms with van der Waals surface area (Å²) >= 11 is 12.7. The number of carbonyl (C=O) groups excluding carboxylic acids is 2. The summed E-state index contributed by atoms with van der Waals surface area (Å²) in [6.07, 6.45) is 4.48. The molecule has 1 aliphatic carbocycles. The Bertz CT molecular complexity index is 1590. The lowest BCUT2D eigenvalue weighted by atomic mass is 10.0. The van der Waals surface area contributed by atoms with Gasteiger partial charge in [-0.25, -0.2) is 18.2 Å². The monoisotopic (exact) mass is 690 g/mol. The Morgan fingerprint density at radius 2 is 1.73 bits per heavy atom. The number of ether oxygens (including phenoxy) is 4. The molecule has 1 aliphatic rings. The highest BCUT2D eigenvalue weighted by Gasteiger charge is 2.26. The molecule has 0 spiro atoms. The lowest BCUT2D eigenvalue weighted by Gasteiger charge is -2.21. The van der Waals surface area contributed by atoms with Crippen LogP contribution in [0.5, 0.6) is 11.5 Å². The van der Waals surface area contributed by atoms with Gasteiger partial charge in [-0.2, -0.15) is 8.78 Å². The maximum Gasteiger partial charge on any atom is 0.387 e. The third-order valence-corrected chi connectivity index (χ3v) is 7.65. The van der Waals surface area contributed by atoms with E-state index in [2.05, 4.69) is 14.4 Å². The molecule has 3 aromatic rings. The molecule has 0 unspecified atom stereocenters. The van der Waals surface area contributed by atoms with E-state index >= 15 is 0 Å². The lowest BCUT2D eigenvalue weighted by Crippen LogP contribution is -2.22. The van der Waals surface area contributed by atoms with Gasteiger partial charge in [-0.3, -0.25) is 9.52 Å². The van der Waals surface area contributed by atoms with Crippen molar-refractivity contribution >= 4 is 50.9 Å². The Hall–Kier alpha value is -3.72. The second-order valence-corrected chi connectivity index (χ2v) is 12.6. The normalized spacial score (nSPS) is 13.4. The van der Waals surface area contributed by atoms with Crippen LogP contribution in [0.2, 0.25) is 10.0 Å². The molecule has 0 saturated heterocycles. The van der Waals surface area contributed by atoms with E-state index in [9.17, 15) is 26.8 Å². The second kappa shape index (κ2) is 16.0. The molecule has 2 aromatic carbocycles. The van der Waals surface area contributed by atoms with Crippen LogP contribution >= 0.6 is 23.2 Å². The minimum atomic E-state index is -3.60. The fraction of sp³-hybridized carbons (Fsp3) is 0.345. The fourth-order valence-corrected chi connectivity index (χ4v) is 5.25. The Balaban J connectivity index is 0.00000552. The van der Waals surface area contributed by atoms with Crippen molar-refractivity contribution in [2.45, 2.75) is 38.4 Å². The summed E-state index contributed by atoms with van der Waals surface area (Å²) in [5.74, 6) is -1.56. The van der Waals surface area contributed by atoms with E-state index in [1.807, 2.05) is 0 Å². The van der Waals surface area contributed by atoms with Gasteiger partial charge in [0.1, 0.15) is 16.1 Å². The molecule has 244 valence electrons. The van der Waals surface area contributed by atoms with Crippen LogP contribution < -0.4 is 19.2 Å². The van der Waals surface area contributed by atoms with E-state index in [0.29, 0.717) is 29.2 Å². The van der Waals surface area contributed by atoms with Crippen LogP contribution in [0.1, 0.15) is 35.6 Å². The van der Waals surface area contributed by atoms with Crippen LogP contribution in [0.25, 0.3) is 0 Å². The van der Waals surface area contributed by atoms with Crippen molar-refractivity contribution in [3.05, 3.63) is 81.6 Å². The molecular weight excluding hydrogens is 661 g/mol. The molecule has 4 rings (SSSR count). The highest BCUT2D eigenvalue weighted by Crippen LogP contribution is 2.37. The first-order chi connectivity index (χ1) is 20.9. The van der Waals surface area contributed by atoms with Gasteiger partial charge in [0.05, 0.1) is 25.0 Å². The summed E-state index contributed by atoms with van der Waals surface area (Å²) in [7, 11) is -3.60. The Morgan fingerprint density at radius 3 is 2.38 bits per heavy atom. The number of hydrogen-bond donors (Lipinski definition) is 1. The zero-order chi connectivity index (χ0) is 31.9. The predicted molar refractivity (Wildman–Crippen MR) is 158 cm³/mol. The SMILES string of the molecule is CS(=O)(=O)Nc1ccccc1CC(=O)OCC(=O)O[C@@H](Cc1c(Cl)c[nH+]cc1Cl)c1ccc(OC(F)F)c(OCC2CC2)c1.[OH-]. The second-order valence-electron chi connectivity index (χ2n) is 10.0. The van der Waals surface area contributed by atoms with E-state index in [4.69, 9.17) is 37.4 Å². The number of para-hydroxylation sites is 1. The van der Waals surface area contributed by atoms with Crippen LogP contribution in [0.4, 0.5) is 14.5 Å². The quantitative estimate of drug-likeness (QED) is 0.216. The molecule has 3 N–H and O–H groups in total. The van der Waals surface area contributed by atoms with E-state index in [-0.39, 0.29) is 45.5 Å². The topological polar surface area (TPSA) is 161 Å². The number of H-pyrrole nitrogens is 1. The van der Waals surface area contributed by atoms with E-state index in [1.165, 1.54) is 42.7 Å². The predicted octanol–water partition coefficient (Wildman–Crippen LogP) is 5.01. The van der Waals surface area contributed by atoms with Crippen molar-refractivity contribution in [2.24, 2.45) is 5.92 Å². The number of aromatic amines is 1. The number of sulfonamides is 1. The van der Waals surface area contributed by atoms with Gasteiger partial charge in [0, 0.05) is 12.0 Å². The zero-order valence-electron chi connectivity index (χ0n) is 23.8. The number of benzene rings is 2. The first-order valence-electron chi connectivity index (χ1n) is 13.3. The molecule has 0 amide bonds. The number of halogens is 4. The lowest BCUT2D eigenvalue weighted by molar-refractivity contribution is -0.377. The summed E-state index contributed by atoms with van der Waals surface area (Å²) in [5, 5.41) is 0.517. The molecule has 1 heterocycles. The van der Waals surface area contributed by atoms with Crippen molar-refractivity contribution in [1.29, 1.82) is 0 Å². The van der Waals surface area contributed by atoms with Crippen LogP contribution in [0.3, 0.4) is 0 Å². The fourth-order valence-electron chi connectivity index (χ4n) is 4.12. The number of hydrogen-bond acceptors (Lipinski definition) is 9. The van der Waals surface area contributed by atoms with Crippen molar-refractivity contribution in [3.8, 4) is 11.5 Å². The van der Waals surface area contributed by atoms with Crippen molar-refractivity contribution in [1.82, 2.24) is 0 Å². The number of aromatic nitrogens is 1. The Kier molecular flexibility index (Phi) is 12.7. The van der Waals surface area contributed by atoms with Crippen molar-refractivity contribution in [2.75, 3.05) is 24.2 Å². The third kappa shape index (κ3) is 11.3. The maximum atomic E-state index is 13.1. The zero-order valence-corrected chi connectivity index (χ0v) is 26.1. The summed E-state index contributed by atoms with van der Waals surface area (Å²) in [6, 6.07) is 10.4. The molecule has 1 aromatic heterocycles. The van der Waals surface area contributed by atoms with E-state index < -0.39 is 41.3 Å². The third-order valence-electron chi connectivity index (χ3n) is 6.39. The highest BCUT2D eigenvalue weighted by molar-refractivity contribution is 7.92. The minimum Gasteiger partial charge on any atom is -0.870 e. The van der Waals surface area contributed by atoms with Crippen LogP contribution in [0.15, 0.2) is 54.9 Å². The molecule has 16 heteroatoms. The molecule has 0 aliphatic heterocycles. The summed E-state index contributed by atoms with van der Waals surface area (Å²) < 4.78 is 72.9. The summed E-state index contributed by atoms with van der Waals surface area (Å²) in [4.78, 5) is 28.2.